The average Bonchev–Trinajstić information content (AvgIpc) is 3.23. The van der Waals surface area contributed by atoms with E-state index in [2.05, 4.69) is 5.32 Å². The lowest BCUT2D eigenvalue weighted by molar-refractivity contribution is 0.0487. The molecule has 0 aliphatic heterocycles. The molecule has 0 radical (unpaired) electrons. The minimum absolute atomic E-state index is 0.149. The van der Waals surface area contributed by atoms with Crippen molar-refractivity contribution in [3.05, 3.63) is 136 Å². The van der Waals surface area contributed by atoms with E-state index >= 15 is 0 Å². The van der Waals surface area contributed by atoms with Crippen LogP contribution in [0, 0.1) is 0 Å². The van der Waals surface area contributed by atoms with Gasteiger partial charge in [0.1, 0.15) is 29.0 Å². The van der Waals surface area contributed by atoms with E-state index in [1.165, 1.54) is 96.7 Å². The SMILES string of the molecule is CC(C)(O)C(=O)c1ccc(COC(=O)N(c2ccc(C(=O)C(C)(C)O)cc2)C2CCCC(NC(=O)OC(c3ccc(C(=O)C(C)(C)O)cc3)c3ccc(C(=O)C(C)(C)O)cc3)C2)cc1. The number of amides is 2. The molecule has 0 saturated heterocycles. The maximum Gasteiger partial charge on any atom is 0.414 e. The van der Waals surface area contributed by atoms with E-state index < -0.39 is 75.9 Å². The van der Waals surface area contributed by atoms with Gasteiger partial charge in [0, 0.05) is 40.0 Å². The van der Waals surface area contributed by atoms with Crippen molar-refractivity contribution >= 4 is 41.0 Å². The molecule has 14 nitrogen and oxygen atoms in total. The van der Waals surface area contributed by atoms with Gasteiger partial charge in [-0.25, -0.2) is 9.59 Å². The first kappa shape index (κ1) is 49.0. The Morgan fingerprint density at radius 2 is 0.953 bits per heavy atom. The van der Waals surface area contributed by atoms with Crippen molar-refractivity contribution in [2.75, 3.05) is 4.90 Å². The summed E-state index contributed by atoms with van der Waals surface area (Å²) in [7, 11) is 0. The van der Waals surface area contributed by atoms with Crippen molar-refractivity contribution in [3.63, 3.8) is 0 Å². The third-order valence-electron chi connectivity index (χ3n) is 10.9. The highest BCUT2D eigenvalue weighted by Crippen LogP contribution is 2.32. The minimum atomic E-state index is -1.62. The Kier molecular flexibility index (Phi) is 14.8. The summed E-state index contributed by atoms with van der Waals surface area (Å²) in [6.45, 7) is 11.0. The van der Waals surface area contributed by atoms with Crippen LogP contribution in [0.2, 0.25) is 0 Å². The van der Waals surface area contributed by atoms with Gasteiger partial charge in [0.05, 0.1) is 0 Å². The van der Waals surface area contributed by atoms with Gasteiger partial charge in [0.15, 0.2) is 29.2 Å². The third-order valence-corrected chi connectivity index (χ3v) is 10.9. The molecule has 1 saturated carbocycles. The summed E-state index contributed by atoms with van der Waals surface area (Å²) in [5.41, 5.74) is -3.40. The molecule has 5 rings (SSSR count). The van der Waals surface area contributed by atoms with E-state index in [0.717, 1.165) is 0 Å². The fourth-order valence-electron chi connectivity index (χ4n) is 7.40. The van der Waals surface area contributed by atoms with Crippen LogP contribution < -0.4 is 10.2 Å². The maximum atomic E-state index is 14.1. The number of hydrogen-bond acceptors (Lipinski definition) is 12. The first-order chi connectivity index (χ1) is 29.7. The predicted molar refractivity (Wildman–Crippen MR) is 238 cm³/mol. The van der Waals surface area contributed by atoms with Gasteiger partial charge in [0.25, 0.3) is 0 Å². The Balaban J connectivity index is 1.38. The summed E-state index contributed by atoms with van der Waals surface area (Å²) >= 11 is 0. The predicted octanol–water partition coefficient (Wildman–Crippen LogP) is 7.47. The van der Waals surface area contributed by atoms with Crippen molar-refractivity contribution in [1.82, 2.24) is 5.32 Å². The Labute approximate surface area is 373 Å². The number of nitrogens with one attached hydrogen (secondary N) is 1. The van der Waals surface area contributed by atoms with Gasteiger partial charge in [-0.05, 0) is 122 Å². The molecule has 1 aliphatic rings. The van der Waals surface area contributed by atoms with Gasteiger partial charge >= 0.3 is 12.2 Å². The largest absolute Gasteiger partial charge is 0.444 e. The molecule has 4 aromatic rings. The van der Waals surface area contributed by atoms with E-state index in [4.69, 9.17) is 9.47 Å². The fourth-order valence-corrected chi connectivity index (χ4v) is 7.40. The smallest absolute Gasteiger partial charge is 0.414 e. The van der Waals surface area contributed by atoms with E-state index in [1.54, 1.807) is 60.7 Å². The van der Waals surface area contributed by atoms with Crippen LogP contribution in [0.15, 0.2) is 97.1 Å². The lowest BCUT2D eigenvalue weighted by Gasteiger charge is -2.37. The fraction of sp³-hybridized carbons (Fsp3) is 0.400. The Hall–Kier alpha value is -6.06. The molecule has 64 heavy (non-hydrogen) atoms. The van der Waals surface area contributed by atoms with Crippen LogP contribution in [0.3, 0.4) is 0 Å². The Bertz CT molecular complexity index is 2260. The summed E-state index contributed by atoms with van der Waals surface area (Å²) in [4.78, 5) is 80.3. The molecule has 1 aliphatic carbocycles. The zero-order valence-electron chi connectivity index (χ0n) is 37.5. The molecule has 340 valence electrons. The van der Waals surface area contributed by atoms with Crippen molar-refractivity contribution < 1.29 is 58.7 Å². The molecule has 2 unspecified atom stereocenters. The number of ketones is 4. The lowest BCUT2D eigenvalue weighted by atomic mass is 9.89. The first-order valence-corrected chi connectivity index (χ1v) is 21.1. The average molecular weight is 879 g/mol. The Morgan fingerprint density at radius 1 is 0.578 bits per heavy atom. The third kappa shape index (κ3) is 12.3. The molecule has 0 spiro atoms. The van der Waals surface area contributed by atoms with Gasteiger partial charge in [-0.3, -0.25) is 24.1 Å². The van der Waals surface area contributed by atoms with Gasteiger partial charge in [-0.15, -0.1) is 0 Å². The lowest BCUT2D eigenvalue weighted by Crippen LogP contribution is -2.48. The number of carbonyl (C=O) groups excluding carboxylic acids is 6. The highest BCUT2D eigenvalue weighted by molar-refractivity contribution is 6.03. The van der Waals surface area contributed by atoms with Crippen LogP contribution in [0.5, 0.6) is 0 Å². The molecule has 2 amide bonds. The molecule has 2 atom stereocenters. The summed E-state index contributed by atoms with van der Waals surface area (Å²) in [5, 5.41) is 44.0. The molecule has 5 N–H and O–H groups in total. The number of ether oxygens (including phenoxy) is 2. The van der Waals surface area contributed by atoms with E-state index in [-0.39, 0.29) is 29.7 Å². The van der Waals surface area contributed by atoms with Crippen molar-refractivity contribution in [2.45, 2.75) is 128 Å². The molecule has 0 heterocycles. The second-order valence-electron chi connectivity index (χ2n) is 18.4. The molecule has 0 aromatic heterocycles. The van der Waals surface area contributed by atoms with Gasteiger partial charge in [-0.2, -0.15) is 0 Å². The summed E-state index contributed by atoms with van der Waals surface area (Å²) in [6.07, 6.45) is -0.528. The summed E-state index contributed by atoms with van der Waals surface area (Å²) < 4.78 is 11.9. The van der Waals surface area contributed by atoms with Crippen LogP contribution in [0.25, 0.3) is 0 Å². The summed E-state index contributed by atoms with van der Waals surface area (Å²) in [5.74, 6) is -1.96. The molecule has 4 aromatic carbocycles. The number of benzene rings is 4. The standard InChI is InChI=1S/C50H58N2O12/c1-47(2,59)41(53)33-14-12-30(13-15-33)29-63-46(58)52(38-26-24-36(25-27-38)44(56)50(7,8)62)39-11-9-10-37(28-39)51-45(57)64-40(31-16-20-34(21-17-31)42(54)48(3,4)60)32-18-22-35(23-19-32)43(55)49(5,6)61/h12-27,37,39-40,59-62H,9-11,28-29H2,1-8H3,(H,51,57). The zero-order chi connectivity index (χ0) is 47.4. The number of carbonyl (C=O) groups is 6. The number of rotatable bonds is 16. The molecule has 0 bridgehead atoms. The van der Waals surface area contributed by atoms with Crippen molar-refractivity contribution in [2.24, 2.45) is 0 Å². The van der Waals surface area contributed by atoms with Crippen LogP contribution in [0.1, 0.15) is 145 Å². The van der Waals surface area contributed by atoms with E-state index in [0.29, 0.717) is 47.2 Å². The van der Waals surface area contributed by atoms with Crippen LogP contribution in [0.4, 0.5) is 15.3 Å². The van der Waals surface area contributed by atoms with Crippen LogP contribution in [-0.2, 0) is 16.1 Å². The van der Waals surface area contributed by atoms with Gasteiger partial charge in [-0.1, -0.05) is 72.8 Å². The number of hydrogen-bond donors (Lipinski definition) is 5. The minimum Gasteiger partial charge on any atom is -0.444 e. The quantitative estimate of drug-likeness (QED) is 0.0693. The Morgan fingerprint density at radius 3 is 1.34 bits per heavy atom. The monoisotopic (exact) mass is 878 g/mol. The topological polar surface area (TPSA) is 217 Å². The number of nitrogens with zero attached hydrogens (tertiary/aromatic N) is 1. The molecular formula is C50H58N2O12. The first-order valence-electron chi connectivity index (χ1n) is 21.1. The van der Waals surface area contributed by atoms with Crippen LogP contribution >= 0.6 is 0 Å². The summed E-state index contributed by atoms with van der Waals surface area (Å²) in [6, 6.07) is 24.1. The van der Waals surface area contributed by atoms with E-state index in [1.807, 2.05) is 0 Å². The number of anilines is 1. The molecule has 14 heteroatoms. The second-order valence-corrected chi connectivity index (χ2v) is 18.4. The van der Waals surface area contributed by atoms with Gasteiger partial charge < -0.3 is 35.2 Å². The maximum absolute atomic E-state index is 14.1. The van der Waals surface area contributed by atoms with Crippen molar-refractivity contribution in [1.29, 1.82) is 0 Å². The zero-order valence-corrected chi connectivity index (χ0v) is 37.5. The van der Waals surface area contributed by atoms with Crippen LogP contribution in [-0.4, -0.2) is 90.2 Å². The highest BCUT2D eigenvalue weighted by atomic mass is 16.6. The van der Waals surface area contributed by atoms with Crippen molar-refractivity contribution in [3.8, 4) is 0 Å². The number of Topliss-reactive ketones (excluding diaryl/α,β-unsaturated/α-hetero) is 4. The highest BCUT2D eigenvalue weighted by Gasteiger charge is 2.35. The normalized spacial score (nSPS) is 15.8. The molecule has 1 fully saturated rings. The number of alkyl carbamates (subject to hydrolysis) is 1. The number of aliphatic hydroxyl groups is 4. The second kappa shape index (κ2) is 19.4. The van der Waals surface area contributed by atoms with Gasteiger partial charge in [0.2, 0.25) is 0 Å². The molecular weight excluding hydrogens is 821 g/mol. The van der Waals surface area contributed by atoms with E-state index in [9.17, 15) is 49.2 Å².